The van der Waals surface area contributed by atoms with E-state index in [4.69, 9.17) is 34.8 Å². The van der Waals surface area contributed by atoms with Gasteiger partial charge in [-0.25, -0.2) is 8.42 Å². The van der Waals surface area contributed by atoms with E-state index >= 15 is 0 Å². The molecule has 5 rings (SSSR count). The zero-order valence-corrected chi connectivity index (χ0v) is 25.3. The summed E-state index contributed by atoms with van der Waals surface area (Å²) in [6, 6.07) is 27.5. The molecule has 1 amide bonds. The van der Waals surface area contributed by atoms with E-state index in [9.17, 15) is 13.2 Å². The normalized spacial score (nSPS) is 15.6. The first-order valence-corrected chi connectivity index (χ1v) is 15.6. The summed E-state index contributed by atoms with van der Waals surface area (Å²) in [5, 5.41) is 1.50. The average Bonchev–Trinajstić information content (AvgIpc) is 2.98. The molecule has 10 heteroatoms. The van der Waals surface area contributed by atoms with Gasteiger partial charge in [0.15, 0.2) is 0 Å². The highest BCUT2D eigenvalue weighted by molar-refractivity contribution is 7.92. The summed E-state index contributed by atoms with van der Waals surface area (Å²) in [5.41, 5.74) is 2.28. The molecular formula is C31H28Cl3N3O3S. The van der Waals surface area contributed by atoms with E-state index in [1.807, 2.05) is 43.3 Å². The molecule has 1 atom stereocenters. The zero-order chi connectivity index (χ0) is 29.1. The molecule has 0 radical (unpaired) electrons. The summed E-state index contributed by atoms with van der Waals surface area (Å²) >= 11 is 19.1. The van der Waals surface area contributed by atoms with Crippen LogP contribution in [0.25, 0.3) is 0 Å². The van der Waals surface area contributed by atoms with Gasteiger partial charge < -0.3 is 9.80 Å². The Morgan fingerprint density at radius 3 is 2.32 bits per heavy atom. The molecule has 212 valence electrons. The van der Waals surface area contributed by atoms with Gasteiger partial charge in [-0.3, -0.25) is 9.10 Å². The molecular weight excluding hydrogens is 601 g/mol. The molecule has 0 aromatic heterocycles. The number of rotatable bonds is 7. The molecule has 0 bridgehead atoms. The number of sulfonamides is 1. The van der Waals surface area contributed by atoms with Crippen molar-refractivity contribution in [3.63, 3.8) is 0 Å². The Balaban J connectivity index is 1.41. The fraction of sp³-hybridized carbons (Fsp3) is 0.194. The lowest BCUT2D eigenvalue weighted by Crippen LogP contribution is -2.54. The Labute approximate surface area is 255 Å². The SMILES string of the molecule is CC1CN(c2cc(Cl)ccc2Cl)CCN1C(=O)c1cccc(S(=O)(=O)N(Cc2ccccc2)c2ccccc2Cl)c1. The van der Waals surface area contributed by atoms with Crippen LogP contribution in [0.15, 0.2) is 102 Å². The van der Waals surface area contributed by atoms with Crippen LogP contribution in [0.3, 0.4) is 0 Å². The Morgan fingerprint density at radius 1 is 0.854 bits per heavy atom. The van der Waals surface area contributed by atoms with Crippen molar-refractivity contribution in [3.05, 3.63) is 123 Å². The largest absolute Gasteiger partial charge is 0.366 e. The first kappa shape index (κ1) is 29.3. The highest BCUT2D eigenvalue weighted by atomic mass is 35.5. The number of para-hydroxylation sites is 1. The molecule has 6 nitrogen and oxygen atoms in total. The third-order valence-electron chi connectivity index (χ3n) is 7.10. The standard InChI is InChI=1S/C31H28Cl3N3O3S/c1-22-20-35(30-19-25(32)14-15-28(30)34)16-17-36(22)31(38)24-10-7-11-26(18-24)41(39,40)37(21-23-8-3-2-4-9-23)29-13-6-5-12-27(29)33/h2-15,18-19,22H,16-17,20-21H2,1H3. The van der Waals surface area contributed by atoms with Crippen molar-refractivity contribution in [2.75, 3.05) is 28.8 Å². The van der Waals surface area contributed by atoms with E-state index in [-0.39, 0.29) is 23.4 Å². The molecule has 1 unspecified atom stereocenters. The molecule has 1 saturated heterocycles. The minimum atomic E-state index is -4.09. The molecule has 1 fully saturated rings. The Morgan fingerprint density at radius 2 is 1.59 bits per heavy atom. The summed E-state index contributed by atoms with van der Waals surface area (Å²) in [7, 11) is -4.09. The number of hydrogen-bond donors (Lipinski definition) is 0. The highest BCUT2D eigenvalue weighted by Gasteiger charge is 2.31. The van der Waals surface area contributed by atoms with Crippen molar-refractivity contribution >= 4 is 62.1 Å². The molecule has 1 heterocycles. The average molecular weight is 629 g/mol. The summed E-state index contributed by atoms with van der Waals surface area (Å²) in [6.07, 6.45) is 0. The third-order valence-corrected chi connectivity index (χ3v) is 9.73. The van der Waals surface area contributed by atoms with Crippen LogP contribution in [0.4, 0.5) is 11.4 Å². The molecule has 4 aromatic rings. The maximum atomic E-state index is 14.1. The van der Waals surface area contributed by atoms with Crippen molar-refractivity contribution < 1.29 is 13.2 Å². The minimum Gasteiger partial charge on any atom is -0.366 e. The predicted octanol–water partition coefficient (Wildman–Crippen LogP) is 7.39. The lowest BCUT2D eigenvalue weighted by molar-refractivity contribution is 0.0674. The number of benzene rings is 4. The molecule has 0 aliphatic carbocycles. The first-order chi connectivity index (χ1) is 19.6. The number of piperazine rings is 1. The maximum Gasteiger partial charge on any atom is 0.264 e. The molecule has 0 saturated carbocycles. The van der Waals surface area contributed by atoms with Crippen LogP contribution in [0, 0.1) is 0 Å². The van der Waals surface area contributed by atoms with Crippen molar-refractivity contribution in [2.24, 2.45) is 0 Å². The molecule has 41 heavy (non-hydrogen) atoms. The Hall–Kier alpha value is -3.23. The fourth-order valence-corrected chi connectivity index (χ4v) is 7.20. The van der Waals surface area contributed by atoms with Crippen LogP contribution in [0.5, 0.6) is 0 Å². The first-order valence-electron chi connectivity index (χ1n) is 13.1. The summed E-state index contributed by atoms with van der Waals surface area (Å²) in [4.78, 5) is 17.5. The lowest BCUT2D eigenvalue weighted by Gasteiger charge is -2.41. The van der Waals surface area contributed by atoms with Crippen LogP contribution in [-0.4, -0.2) is 44.9 Å². The van der Waals surface area contributed by atoms with E-state index < -0.39 is 10.0 Å². The Bertz CT molecular complexity index is 1670. The lowest BCUT2D eigenvalue weighted by atomic mass is 10.1. The van der Waals surface area contributed by atoms with Gasteiger partial charge in [-0.15, -0.1) is 0 Å². The molecule has 4 aromatic carbocycles. The number of halogens is 3. The van der Waals surface area contributed by atoms with Crippen molar-refractivity contribution in [1.82, 2.24) is 4.90 Å². The fourth-order valence-electron chi connectivity index (χ4n) is 4.99. The monoisotopic (exact) mass is 627 g/mol. The highest BCUT2D eigenvalue weighted by Crippen LogP contribution is 2.33. The van der Waals surface area contributed by atoms with Crippen LogP contribution >= 0.6 is 34.8 Å². The quantitative estimate of drug-likeness (QED) is 0.214. The maximum absolute atomic E-state index is 14.1. The smallest absolute Gasteiger partial charge is 0.264 e. The van der Waals surface area contributed by atoms with Crippen LogP contribution in [0.2, 0.25) is 15.1 Å². The molecule has 0 spiro atoms. The van der Waals surface area contributed by atoms with Gasteiger partial charge in [0.2, 0.25) is 0 Å². The van der Waals surface area contributed by atoms with Gasteiger partial charge in [-0.05, 0) is 61.0 Å². The number of hydrogen-bond acceptors (Lipinski definition) is 4. The van der Waals surface area contributed by atoms with Gasteiger partial charge in [-0.2, -0.15) is 0 Å². The van der Waals surface area contributed by atoms with Crippen LogP contribution in [-0.2, 0) is 16.6 Å². The van der Waals surface area contributed by atoms with Crippen LogP contribution < -0.4 is 9.21 Å². The van der Waals surface area contributed by atoms with E-state index in [0.717, 1.165) is 11.3 Å². The summed E-state index contributed by atoms with van der Waals surface area (Å²) in [6.45, 7) is 3.60. The second kappa shape index (κ2) is 12.3. The van der Waals surface area contributed by atoms with Crippen molar-refractivity contribution in [3.8, 4) is 0 Å². The van der Waals surface area contributed by atoms with Gasteiger partial charge >= 0.3 is 0 Å². The van der Waals surface area contributed by atoms with Gasteiger partial charge in [0, 0.05) is 36.3 Å². The second-order valence-electron chi connectivity index (χ2n) is 9.87. The number of nitrogens with zero attached hydrogens (tertiary/aromatic N) is 3. The van der Waals surface area contributed by atoms with Crippen molar-refractivity contribution in [1.29, 1.82) is 0 Å². The topological polar surface area (TPSA) is 60.9 Å². The van der Waals surface area contributed by atoms with Gasteiger partial charge in [0.1, 0.15) is 0 Å². The van der Waals surface area contributed by atoms with E-state index in [2.05, 4.69) is 4.90 Å². The van der Waals surface area contributed by atoms with Gasteiger partial charge in [0.25, 0.3) is 15.9 Å². The van der Waals surface area contributed by atoms with Crippen molar-refractivity contribution in [2.45, 2.75) is 24.4 Å². The van der Waals surface area contributed by atoms with E-state index in [0.29, 0.717) is 46.0 Å². The molecule has 1 aliphatic heterocycles. The minimum absolute atomic E-state index is 0.0104. The van der Waals surface area contributed by atoms with Gasteiger partial charge in [-0.1, -0.05) is 83.3 Å². The summed E-state index contributed by atoms with van der Waals surface area (Å²) in [5.74, 6) is -0.237. The molecule has 0 N–H and O–H groups in total. The van der Waals surface area contributed by atoms with Crippen LogP contribution in [0.1, 0.15) is 22.8 Å². The number of carbonyl (C=O) groups is 1. The zero-order valence-electron chi connectivity index (χ0n) is 22.3. The predicted molar refractivity (Wildman–Crippen MR) is 167 cm³/mol. The number of amides is 1. The number of carbonyl (C=O) groups excluding carboxylic acids is 1. The van der Waals surface area contributed by atoms with Gasteiger partial charge in [0.05, 0.1) is 32.9 Å². The third kappa shape index (κ3) is 6.33. The summed E-state index contributed by atoms with van der Waals surface area (Å²) < 4.78 is 29.4. The van der Waals surface area contributed by atoms with E-state index in [1.165, 1.54) is 16.4 Å². The molecule has 1 aliphatic rings. The Kier molecular flexibility index (Phi) is 8.80. The number of anilines is 2. The second-order valence-corrected chi connectivity index (χ2v) is 13.0. The van der Waals surface area contributed by atoms with E-state index in [1.54, 1.807) is 53.4 Å².